The number of amides is 1. The molecular weight excluding hydrogens is 336 g/mol. The van der Waals surface area contributed by atoms with E-state index in [0.29, 0.717) is 5.82 Å². The van der Waals surface area contributed by atoms with Gasteiger partial charge in [-0.15, -0.1) is 0 Å². The second-order valence-corrected chi connectivity index (χ2v) is 6.86. The zero-order valence-electron chi connectivity index (χ0n) is 15.5. The summed E-state index contributed by atoms with van der Waals surface area (Å²) in [5.74, 6) is 0.699. The summed E-state index contributed by atoms with van der Waals surface area (Å²) >= 11 is 0. The molecule has 1 fully saturated rings. The van der Waals surface area contributed by atoms with Crippen LogP contribution in [0.25, 0.3) is 21.9 Å². The molecule has 0 unspecified atom stereocenters. The SMILES string of the molecule is CNc1c(-c2ccc3ccccc3c2)ccnc1N(C=O)C1CCNCC1. The van der Waals surface area contributed by atoms with Crippen LogP contribution in [0.5, 0.6) is 0 Å². The molecule has 0 saturated carbocycles. The van der Waals surface area contributed by atoms with E-state index in [1.54, 1.807) is 11.1 Å². The molecule has 1 aliphatic rings. The van der Waals surface area contributed by atoms with Crippen molar-refractivity contribution < 1.29 is 4.79 Å². The van der Waals surface area contributed by atoms with Gasteiger partial charge in [-0.1, -0.05) is 36.4 Å². The van der Waals surface area contributed by atoms with Crippen LogP contribution in [-0.4, -0.2) is 37.6 Å². The molecule has 5 heteroatoms. The normalized spacial score (nSPS) is 14.9. The number of piperidine rings is 1. The second-order valence-electron chi connectivity index (χ2n) is 6.86. The number of carbonyl (C=O) groups is 1. The molecule has 27 heavy (non-hydrogen) atoms. The minimum Gasteiger partial charge on any atom is -0.385 e. The first-order chi connectivity index (χ1) is 13.3. The highest BCUT2D eigenvalue weighted by Crippen LogP contribution is 2.36. The number of anilines is 2. The zero-order valence-corrected chi connectivity index (χ0v) is 15.5. The molecular formula is C22H24N4O. The maximum Gasteiger partial charge on any atom is 0.215 e. The maximum absolute atomic E-state index is 11.9. The number of nitrogens with one attached hydrogen (secondary N) is 2. The molecule has 2 N–H and O–H groups in total. The van der Waals surface area contributed by atoms with Gasteiger partial charge in [-0.3, -0.25) is 9.69 Å². The van der Waals surface area contributed by atoms with Gasteiger partial charge in [0.15, 0.2) is 5.82 Å². The van der Waals surface area contributed by atoms with Crippen LogP contribution in [0, 0.1) is 0 Å². The molecule has 4 rings (SSSR count). The number of fused-ring (bicyclic) bond motifs is 1. The summed E-state index contributed by atoms with van der Waals surface area (Å²) in [6.45, 7) is 1.85. The number of nitrogens with zero attached hydrogens (tertiary/aromatic N) is 2. The minimum absolute atomic E-state index is 0.176. The van der Waals surface area contributed by atoms with Crippen molar-refractivity contribution in [3.63, 3.8) is 0 Å². The minimum atomic E-state index is 0.176. The Bertz CT molecular complexity index is 950. The molecule has 3 aromatic rings. The van der Waals surface area contributed by atoms with Crippen LogP contribution in [0.1, 0.15) is 12.8 Å². The average Bonchev–Trinajstić information content (AvgIpc) is 2.74. The van der Waals surface area contributed by atoms with Crippen LogP contribution >= 0.6 is 0 Å². The summed E-state index contributed by atoms with van der Waals surface area (Å²) in [5.41, 5.74) is 3.05. The molecule has 5 nitrogen and oxygen atoms in total. The van der Waals surface area contributed by atoms with Crippen molar-refractivity contribution in [2.24, 2.45) is 0 Å². The van der Waals surface area contributed by atoms with Crippen molar-refractivity contribution in [3.8, 4) is 11.1 Å². The number of rotatable bonds is 5. The Hall–Kier alpha value is -2.92. The zero-order chi connectivity index (χ0) is 18.6. The van der Waals surface area contributed by atoms with Gasteiger partial charge in [0.25, 0.3) is 0 Å². The van der Waals surface area contributed by atoms with Gasteiger partial charge < -0.3 is 10.6 Å². The lowest BCUT2D eigenvalue weighted by Crippen LogP contribution is -2.43. The second kappa shape index (κ2) is 7.76. The fourth-order valence-electron chi connectivity index (χ4n) is 3.88. The van der Waals surface area contributed by atoms with Gasteiger partial charge in [0.05, 0.1) is 5.69 Å². The molecule has 2 heterocycles. The van der Waals surface area contributed by atoms with Crippen LogP contribution in [-0.2, 0) is 4.79 Å². The van der Waals surface area contributed by atoms with E-state index in [0.717, 1.165) is 49.2 Å². The monoisotopic (exact) mass is 360 g/mol. The largest absolute Gasteiger partial charge is 0.385 e. The third-order valence-corrected chi connectivity index (χ3v) is 5.30. The Morgan fingerprint density at radius 3 is 2.63 bits per heavy atom. The highest BCUT2D eigenvalue weighted by Gasteiger charge is 2.25. The lowest BCUT2D eigenvalue weighted by Gasteiger charge is -2.32. The predicted molar refractivity (Wildman–Crippen MR) is 111 cm³/mol. The molecule has 1 saturated heterocycles. The van der Waals surface area contributed by atoms with Gasteiger partial charge in [0.2, 0.25) is 6.41 Å². The Morgan fingerprint density at radius 1 is 1.11 bits per heavy atom. The smallest absolute Gasteiger partial charge is 0.215 e. The van der Waals surface area contributed by atoms with E-state index in [1.165, 1.54) is 10.8 Å². The van der Waals surface area contributed by atoms with Gasteiger partial charge in [-0.05, 0) is 54.4 Å². The Kier molecular flexibility index (Phi) is 5.03. The molecule has 0 atom stereocenters. The summed E-state index contributed by atoms with van der Waals surface area (Å²) in [5, 5.41) is 9.04. The standard InChI is InChI=1S/C22H24N4O/c1-23-21-20(18-7-6-16-4-2-3-5-17(16)14-18)10-13-25-22(21)26(15-27)19-8-11-24-12-9-19/h2-7,10,13-15,19,23-24H,8-9,11-12H2,1H3. The number of hydrogen-bond acceptors (Lipinski definition) is 4. The lowest BCUT2D eigenvalue weighted by atomic mass is 9.99. The van der Waals surface area contributed by atoms with Crippen molar-refractivity contribution >= 4 is 28.7 Å². The first-order valence-electron chi connectivity index (χ1n) is 9.42. The summed E-state index contributed by atoms with van der Waals surface area (Å²) < 4.78 is 0. The third-order valence-electron chi connectivity index (χ3n) is 5.30. The predicted octanol–water partition coefficient (Wildman–Crippen LogP) is 3.66. The quantitative estimate of drug-likeness (QED) is 0.682. The summed E-state index contributed by atoms with van der Waals surface area (Å²) in [6.07, 6.45) is 4.58. The van der Waals surface area contributed by atoms with E-state index in [1.807, 2.05) is 25.2 Å². The topological polar surface area (TPSA) is 57.3 Å². The Balaban J connectivity index is 1.79. The van der Waals surface area contributed by atoms with Crippen molar-refractivity contribution in [2.75, 3.05) is 30.4 Å². The van der Waals surface area contributed by atoms with E-state index in [-0.39, 0.29) is 6.04 Å². The fraction of sp³-hybridized carbons (Fsp3) is 0.273. The van der Waals surface area contributed by atoms with Gasteiger partial charge in [0.1, 0.15) is 0 Å². The highest BCUT2D eigenvalue weighted by molar-refractivity contribution is 5.94. The molecule has 2 aromatic carbocycles. The van der Waals surface area contributed by atoms with Gasteiger partial charge >= 0.3 is 0 Å². The van der Waals surface area contributed by atoms with E-state index >= 15 is 0 Å². The lowest BCUT2D eigenvalue weighted by molar-refractivity contribution is -0.108. The van der Waals surface area contributed by atoms with Crippen LogP contribution in [0.15, 0.2) is 54.7 Å². The third kappa shape index (κ3) is 3.38. The fourth-order valence-corrected chi connectivity index (χ4v) is 3.88. The van der Waals surface area contributed by atoms with Gasteiger partial charge in [-0.2, -0.15) is 0 Å². The number of pyridine rings is 1. The molecule has 1 amide bonds. The molecule has 0 aliphatic carbocycles. The van der Waals surface area contributed by atoms with E-state index < -0.39 is 0 Å². The van der Waals surface area contributed by atoms with Crippen LogP contribution in [0.4, 0.5) is 11.5 Å². The molecule has 0 radical (unpaired) electrons. The first kappa shape index (κ1) is 17.5. The number of aromatic nitrogens is 1. The number of carbonyl (C=O) groups excluding carboxylic acids is 1. The van der Waals surface area contributed by atoms with Gasteiger partial charge in [-0.25, -0.2) is 4.98 Å². The average molecular weight is 360 g/mol. The first-order valence-corrected chi connectivity index (χ1v) is 9.42. The van der Waals surface area contributed by atoms with Crippen molar-refractivity contribution in [3.05, 3.63) is 54.7 Å². The van der Waals surface area contributed by atoms with Gasteiger partial charge in [0, 0.05) is 24.8 Å². The van der Waals surface area contributed by atoms with Crippen LogP contribution in [0.3, 0.4) is 0 Å². The van der Waals surface area contributed by atoms with E-state index in [2.05, 4.69) is 45.9 Å². The molecule has 0 spiro atoms. The highest BCUT2D eigenvalue weighted by atomic mass is 16.1. The molecule has 0 bridgehead atoms. The van der Waals surface area contributed by atoms with Crippen LogP contribution in [0.2, 0.25) is 0 Å². The summed E-state index contributed by atoms with van der Waals surface area (Å²) in [7, 11) is 1.89. The van der Waals surface area contributed by atoms with Crippen molar-refractivity contribution in [2.45, 2.75) is 18.9 Å². The summed E-state index contributed by atoms with van der Waals surface area (Å²) in [6, 6.07) is 17.0. The van der Waals surface area contributed by atoms with Crippen molar-refractivity contribution in [1.82, 2.24) is 10.3 Å². The number of benzene rings is 2. The van der Waals surface area contributed by atoms with Crippen LogP contribution < -0.4 is 15.5 Å². The number of hydrogen-bond donors (Lipinski definition) is 2. The van der Waals surface area contributed by atoms with Crippen molar-refractivity contribution in [1.29, 1.82) is 0 Å². The Morgan fingerprint density at radius 2 is 1.89 bits per heavy atom. The maximum atomic E-state index is 11.9. The van der Waals surface area contributed by atoms with E-state index in [4.69, 9.17) is 0 Å². The summed E-state index contributed by atoms with van der Waals surface area (Å²) in [4.78, 5) is 18.3. The Labute approximate surface area is 159 Å². The molecule has 1 aliphatic heterocycles. The molecule has 1 aromatic heterocycles. The molecule has 138 valence electrons. The van der Waals surface area contributed by atoms with E-state index in [9.17, 15) is 4.79 Å².